The maximum absolute atomic E-state index is 13.2. The Labute approximate surface area is 151 Å². The van der Waals surface area contributed by atoms with Crippen molar-refractivity contribution in [3.05, 3.63) is 59.7 Å². The molecular formula is C20H19NO5. The van der Waals surface area contributed by atoms with Crippen LogP contribution in [0.5, 0.6) is 11.5 Å². The zero-order chi connectivity index (χ0) is 18.3. The Hall–Kier alpha value is -3.02. The van der Waals surface area contributed by atoms with Crippen LogP contribution < -0.4 is 9.47 Å². The lowest BCUT2D eigenvalue weighted by Crippen LogP contribution is -2.56. The van der Waals surface area contributed by atoms with Gasteiger partial charge >= 0.3 is 5.97 Å². The van der Waals surface area contributed by atoms with Gasteiger partial charge in [0.1, 0.15) is 12.1 Å². The molecule has 0 aliphatic carbocycles. The number of ether oxygens (including phenoxy) is 2. The highest BCUT2D eigenvalue weighted by atomic mass is 16.6. The molecule has 0 aromatic heterocycles. The van der Waals surface area contributed by atoms with Crippen molar-refractivity contribution >= 4 is 11.9 Å². The average Bonchev–Trinajstić information content (AvgIpc) is 2.65. The van der Waals surface area contributed by atoms with Crippen molar-refractivity contribution in [2.75, 3.05) is 0 Å². The first-order valence-electron chi connectivity index (χ1n) is 8.57. The molecule has 0 saturated heterocycles. The van der Waals surface area contributed by atoms with Gasteiger partial charge in [-0.3, -0.25) is 4.79 Å². The second-order valence-corrected chi connectivity index (χ2v) is 6.60. The van der Waals surface area contributed by atoms with Gasteiger partial charge in [0, 0.05) is 13.0 Å². The molecule has 0 radical (unpaired) electrons. The lowest BCUT2D eigenvalue weighted by molar-refractivity contribution is -0.158. The predicted octanol–water partition coefficient (Wildman–Crippen LogP) is 2.25. The molecular weight excluding hydrogens is 334 g/mol. The second-order valence-electron chi connectivity index (χ2n) is 6.60. The number of para-hydroxylation sites is 2. The van der Waals surface area contributed by atoms with E-state index < -0.39 is 24.2 Å². The van der Waals surface area contributed by atoms with E-state index in [1.165, 1.54) is 4.90 Å². The first-order chi connectivity index (χ1) is 12.5. The summed E-state index contributed by atoms with van der Waals surface area (Å²) in [5.41, 5.74) is 1.92. The van der Waals surface area contributed by atoms with E-state index in [0.717, 1.165) is 11.1 Å². The molecule has 134 valence electrons. The van der Waals surface area contributed by atoms with Crippen molar-refractivity contribution in [1.82, 2.24) is 4.90 Å². The van der Waals surface area contributed by atoms with E-state index in [1.54, 1.807) is 25.1 Å². The summed E-state index contributed by atoms with van der Waals surface area (Å²) >= 11 is 0. The average molecular weight is 353 g/mol. The number of amides is 1. The third-order valence-electron chi connectivity index (χ3n) is 4.90. The molecule has 2 aromatic carbocycles. The summed E-state index contributed by atoms with van der Waals surface area (Å²) in [5.74, 6) is -0.303. The van der Waals surface area contributed by atoms with Crippen LogP contribution in [0.4, 0.5) is 0 Å². The molecule has 2 aliphatic heterocycles. The Morgan fingerprint density at radius 3 is 2.31 bits per heavy atom. The molecule has 1 N–H and O–H groups in total. The van der Waals surface area contributed by atoms with Gasteiger partial charge in [0.2, 0.25) is 6.10 Å². The van der Waals surface area contributed by atoms with Gasteiger partial charge in [-0.1, -0.05) is 36.4 Å². The SMILES string of the molecule is CC1Oc2ccccc2OC1C(=O)N1Cc2ccccc2CC1C(=O)O. The van der Waals surface area contributed by atoms with Crippen LogP contribution >= 0.6 is 0 Å². The second kappa shape index (κ2) is 6.37. The number of hydrogen-bond acceptors (Lipinski definition) is 4. The quantitative estimate of drug-likeness (QED) is 0.896. The molecule has 2 heterocycles. The molecule has 6 heteroatoms. The van der Waals surface area contributed by atoms with Gasteiger partial charge < -0.3 is 19.5 Å². The highest BCUT2D eigenvalue weighted by Crippen LogP contribution is 2.35. The summed E-state index contributed by atoms with van der Waals surface area (Å²) in [6.07, 6.45) is -1.10. The van der Waals surface area contributed by atoms with E-state index in [0.29, 0.717) is 11.5 Å². The third kappa shape index (κ3) is 2.77. The summed E-state index contributed by atoms with van der Waals surface area (Å²) in [4.78, 5) is 26.3. The van der Waals surface area contributed by atoms with E-state index in [9.17, 15) is 14.7 Å². The zero-order valence-electron chi connectivity index (χ0n) is 14.3. The third-order valence-corrected chi connectivity index (χ3v) is 4.90. The van der Waals surface area contributed by atoms with Crippen LogP contribution in [0.3, 0.4) is 0 Å². The van der Waals surface area contributed by atoms with Gasteiger partial charge in [-0.15, -0.1) is 0 Å². The van der Waals surface area contributed by atoms with Crippen molar-refractivity contribution in [2.24, 2.45) is 0 Å². The number of nitrogens with zero attached hydrogens (tertiary/aromatic N) is 1. The van der Waals surface area contributed by atoms with Crippen molar-refractivity contribution in [3.8, 4) is 11.5 Å². The number of carboxylic acids is 1. The van der Waals surface area contributed by atoms with Gasteiger partial charge in [0.05, 0.1) is 0 Å². The van der Waals surface area contributed by atoms with Crippen LogP contribution in [0.15, 0.2) is 48.5 Å². The molecule has 0 fully saturated rings. The van der Waals surface area contributed by atoms with Crippen LogP contribution in [0.2, 0.25) is 0 Å². The highest BCUT2D eigenvalue weighted by Gasteiger charge is 2.42. The Balaban J connectivity index is 1.63. The molecule has 2 aromatic rings. The lowest BCUT2D eigenvalue weighted by atomic mass is 9.93. The summed E-state index contributed by atoms with van der Waals surface area (Å²) in [7, 11) is 0. The minimum absolute atomic E-state index is 0.250. The minimum Gasteiger partial charge on any atom is -0.482 e. The Morgan fingerprint density at radius 1 is 1.00 bits per heavy atom. The lowest BCUT2D eigenvalue weighted by Gasteiger charge is -2.39. The zero-order valence-corrected chi connectivity index (χ0v) is 14.3. The molecule has 3 unspecified atom stereocenters. The van der Waals surface area contributed by atoms with Crippen molar-refractivity contribution in [1.29, 1.82) is 0 Å². The number of carbonyl (C=O) groups excluding carboxylic acids is 1. The summed E-state index contributed by atoms with van der Waals surface area (Å²) in [5, 5.41) is 9.64. The molecule has 1 amide bonds. The molecule has 3 atom stereocenters. The molecule has 0 saturated carbocycles. The standard InChI is InChI=1S/C20H19NO5/c1-12-18(26-17-9-5-4-8-16(17)25-12)19(22)21-11-14-7-3-2-6-13(14)10-15(21)20(23)24/h2-9,12,15,18H,10-11H2,1H3,(H,23,24). The van der Waals surface area contributed by atoms with Crippen LogP contribution in [-0.2, 0) is 22.6 Å². The molecule has 0 bridgehead atoms. The number of rotatable bonds is 2. The molecule has 4 rings (SSSR count). The van der Waals surface area contributed by atoms with Crippen LogP contribution in [0.25, 0.3) is 0 Å². The van der Waals surface area contributed by atoms with Gasteiger partial charge in [-0.05, 0) is 30.2 Å². The maximum atomic E-state index is 13.2. The predicted molar refractivity (Wildman–Crippen MR) is 93.1 cm³/mol. The maximum Gasteiger partial charge on any atom is 0.326 e. The topological polar surface area (TPSA) is 76.1 Å². The van der Waals surface area contributed by atoms with Gasteiger partial charge in [0.25, 0.3) is 5.91 Å². The van der Waals surface area contributed by atoms with Crippen LogP contribution in [0, 0.1) is 0 Å². The normalized spacial score (nSPS) is 23.9. The van der Waals surface area contributed by atoms with Crippen molar-refractivity contribution in [3.63, 3.8) is 0 Å². The highest BCUT2D eigenvalue weighted by molar-refractivity contribution is 5.88. The van der Waals surface area contributed by atoms with E-state index in [2.05, 4.69) is 0 Å². The first kappa shape index (κ1) is 16.4. The smallest absolute Gasteiger partial charge is 0.326 e. The fourth-order valence-corrected chi connectivity index (χ4v) is 3.53. The molecule has 0 spiro atoms. The Kier molecular flexibility index (Phi) is 4.03. The fraction of sp³-hybridized carbons (Fsp3) is 0.300. The number of carboxylic acid groups (broad SMARTS) is 1. The summed E-state index contributed by atoms with van der Waals surface area (Å²) in [6, 6.07) is 13.8. The molecule has 2 aliphatic rings. The summed E-state index contributed by atoms with van der Waals surface area (Å²) < 4.78 is 11.7. The van der Waals surface area contributed by atoms with Crippen LogP contribution in [-0.4, -0.2) is 40.1 Å². The van der Waals surface area contributed by atoms with E-state index in [4.69, 9.17) is 9.47 Å². The minimum atomic E-state index is -1.02. The Bertz CT molecular complexity index is 865. The monoisotopic (exact) mass is 353 g/mol. The number of benzene rings is 2. The van der Waals surface area contributed by atoms with E-state index >= 15 is 0 Å². The van der Waals surface area contributed by atoms with Crippen molar-refractivity contribution in [2.45, 2.75) is 38.1 Å². The number of carbonyl (C=O) groups is 2. The number of fused-ring (bicyclic) bond motifs is 2. The van der Waals surface area contributed by atoms with E-state index in [1.807, 2.05) is 30.3 Å². The largest absolute Gasteiger partial charge is 0.482 e. The number of aliphatic carboxylic acids is 1. The van der Waals surface area contributed by atoms with Gasteiger partial charge in [0.15, 0.2) is 11.5 Å². The van der Waals surface area contributed by atoms with Gasteiger partial charge in [-0.2, -0.15) is 0 Å². The van der Waals surface area contributed by atoms with Crippen LogP contribution in [0.1, 0.15) is 18.1 Å². The first-order valence-corrected chi connectivity index (χ1v) is 8.57. The van der Waals surface area contributed by atoms with Gasteiger partial charge in [-0.25, -0.2) is 4.79 Å². The van der Waals surface area contributed by atoms with Crippen molar-refractivity contribution < 1.29 is 24.2 Å². The molecule has 6 nitrogen and oxygen atoms in total. The Morgan fingerprint density at radius 2 is 1.62 bits per heavy atom. The van der Waals surface area contributed by atoms with E-state index in [-0.39, 0.29) is 18.9 Å². The number of hydrogen-bond donors (Lipinski definition) is 1. The summed E-state index contributed by atoms with van der Waals surface area (Å²) in [6.45, 7) is 2.01. The molecule has 26 heavy (non-hydrogen) atoms. The fourth-order valence-electron chi connectivity index (χ4n) is 3.53.